The second-order valence-electron chi connectivity index (χ2n) is 7.24. The molecule has 3 N–H and O–H groups in total. The number of rotatable bonds is 8. The Hall–Kier alpha value is -3.78. The summed E-state index contributed by atoms with van der Waals surface area (Å²) >= 11 is 0. The van der Waals surface area contributed by atoms with Gasteiger partial charge in [-0.2, -0.15) is 0 Å². The summed E-state index contributed by atoms with van der Waals surface area (Å²) in [5.41, 5.74) is 8.56. The first-order chi connectivity index (χ1) is 15.4. The molecule has 0 spiro atoms. The Morgan fingerprint density at radius 3 is 2.69 bits per heavy atom. The average Bonchev–Trinajstić information content (AvgIpc) is 2.78. The van der Waals surface area contributed by atoms with Crippen LogP contribution in [0.3, 0.4) is 0 Å². The summed E-state index contributed by atoms with van der Waals surface area (Å²) < 4.78 is 24.4. The molecule has 0 radical (unpaired) electrons. The van der Waals surface area contributed by atoms with Gasteiger partial charge in [0.25, 0.3) is 5.91 Å². The van der Waals surface area contributed by atoms with Gasteiger partial charge in [-0.15, -0.1) is 0 Å². The lowest BCUT2D eigenvalue weighted by atomic mass is 9.96. The van der Waals surface area contributed by atoms with Gasteiger partial charge in [-0.05, 0) is 60.9 Å². The third-order valence-corrected chi connectivity index (χ3v) is 4.48. The second kappa shape index (κ2) is 10.5. The highest BCUT2D eigenvalue weighted by Crippen LogP contribution is 2.28. The van der Waals surface area contributed by atoms with Crippen molar-refractivity contribution in [1.82, 2.24) is 4.98 Å². The third kappa shape index (κ3) is 5.89. The summed E-state index contributed by atoms with van der Waals surface area (Å²) in [7, 11) is 0. The normalized spacial score (nSPS) is 10.7. The minimum atomic E-state index is -0.625. The number of pyridine rings is 1. The van der Waals surface area contributed by atoms with Crippen LogP contribution in [0.15, 0.2) is 60.9 Å². The molecule has 0 aliphatic rings. The van der Waals surface area contributed by atoms with Crippen LogP contribution in [-0.2, 0) is 16.1 Å². The minimum absolute atomic E-state index is 0.0399. The largest absolute Gasteiger partial charge is 0.482 e. The van der Waals surface area contributed by atoms with Gasteiger partial charge < -0.3 is 20.5 Å². The number of hydrogen-bond acceptors (Lipinski definition) is 6. The van der Waals surface area contributed by atoms with E-state index < -0.39 is 17.7 Å². The third-order valence-electron chi connectivity index (χ3n) is 4.48. The van der Waals surface area contributed by atoms with Crippen molar-refractivity contribution < 1.29 is 23.5 Å². The Kier molecular flexibility index (Phi) is 7.51. The maximum atomic E-state index is 13.8. The van der Waals surface area contributed by atoms with Crippen LogP contribution in [0.2, 0.25) is 0 Å². The quantitative estimate of drug-likeness (QED) is 0.518. The van der Waals surface area contributed by atoms with Crippen LogP contribution in [0.1, 0.15) is 29.8 Å². The molecule has 0 atom stereocenters. The van der Waals surface area contributed by atoms with E-state index in [9.17, 15) is 14.0 Å². The van der Waals surface area contributed by atoms with Gasteiger partial charge >= 0.3 is 5.97 Å². The van der Waals surface area contributed by atoms with Crippen molar-refractivity contribution in [2.24, 2.45) is 5.73 Å². The molecule has 166 valence electrons. The molecular formula is C24H24FN3O4. The fraction of sp³-hybridized carbons (Fsp3) is 0.208. The Morgan fingerprint density at radius 2 is 1.97 bits per heavy atom. The first kappa shape index (κ1) is 22.9. The number of esters is 1. The molecule has 0 fully saturated rings. The Balaban J connectivity index is 1.83. The molecule has 2 aromatic carbocycles. The van der Waals surface area contributed by atoms with Crippen LogP contribution in [0.25, 0.3) is 11.1 Å². The molecule has 8 heteroatoms. The van der Waals surface area contributed by atoms with E-state index in [1.54, 1.807) is 50.2 Å². The number of carbonyl (C=O) groups is 2. The van der Waals surface area contributed by atoms with Crippen molar-refractivity contribution in [3.8, 4) is 16.9 Å². The van der Waals surface area contributed by atoms with Crippen LogP contribution in [-0.4, -0.2) is 29.6 Å². The van der Waals surface area contributed by atoms with Crippen LogP contribution in [0, 0.1) is 5.82 Å². The van der Waals surface area contributed by atoms with Crippen molar-refractivity contribution in [1.29, 1.82) is 0 Å². The van der Waals surface area contributed by atoms with Crippen LogP contribution in [0.4, 0.5) is 10.1 Å². The van der Waals surface area contributed by atoms with Gasteiger partial charge in [-0.3, -0.25) is 9.78 Å². The number of halogens is 1. The standard InChI is InChI=1S/C24H24FN3O4/c1-15(2)32-23(29)14-31-19-5-3-4-16(10-19)20-11-17(6-7-18(20)12-26)24(30)28-22-8-9-27-13-21(22)25/h3-11,13,15H,12,14,26H2,1-2H3,(H,27,28,30). The lowest BCUT2D eigenvalue weighted by Crippen LogP contribution is -2.18. The number of carbonyl (C=O) groups excluding carboxylic acids is 2. The molecule has 0 bridgehead atoms. The lowest BCUT2D eigenvalue weighted by Gasteiger charge is -2.13. The van der Waals surface area contributed by atoms with E-state index in [0.29, 0.717) is 11.3 Å². The Morgan fingerprint density at radius 1 is 1.16 bits per heavy atom. The zero-order valence-corrected chi connectivity index (χ0v) is 17.8. The molecule has 1 amide bonds. The number of anilines is 1. The molecule has 0 unspecified atom stereocenters. The van der Waals surface area contributed by atoms with Crippen molar-refractivity contribution in [2.75, 3.05) is 11.9 Å². The first-order valence-corrected chi connectivity index (χ1v) is 10.0. The van der Waals surface area contributed by atoms with Gasteiger partial charge in [0.2, 0.25) is 0 Å². The zero-order chi connectivity index (χ0) is 23.1. The van der Waals surface area contributed by atoms with Gasteiger partial charge in [0.15, 0.2) is 12.4 Å². The smallest absolute Gasteiger partial charge is 0.344 e. The van der Waals surface area contributed by atoms with E-state index in [-0.39, 0.29) is 24.9 Å². The molecule has 0 saturated carbocycles. The summed E-state index contributed by atoms with van der Waals surface area (Å²) in [5, 5.41) is 2.54. The fourth-order valence-corrected chi connectivity index (χ4v) is 3.03. The minimum Gasteiger partial charge on any atom is -0.482 e. The van der Waals surface area contributed by atoms with E-state index in [1.165, 1.54) is 12.3 Å². The highest BCUT2D eigenvalue weighted by atomic mass is 19.1. The zero-order valence-electron chi connectivity index (χ0n) is 17.8. The van der Waals surface area contributed by atoms with Crippen LogP contribution >= 0.6 is 0 Å². The number of benzene rings is 2. The lowest BCUT2D eigenvalue weighted by molar-refractivity contribution is -0.149. The predicted molar refractivity (Wildman–Crippen MR) is 119 cm³/mol. The maximum absolute atomic E-state index is 13.8. The van der Waals surface area contributed by atoms with E-state index >= 15 is 0 Å². The summed E-state index contributed by atoms with van der Waals surface area (Å²) in [6.07, 6.45) is 2.20. The highest BCUT2D eigenvalue weighted by molar-refractivity contribution is 6.05. The second-order valence-corrected chi connectivity index (χ2v) is 7.24. The molecule has 1 heterocycles. The fourth-order valence-electron chi connectivity index (χ4n) is 3.03. The molecule has 3 rings (SSSR count). The maximum Gasteiger partial charge on any atom is 0.344 e. The number of ether oxygens (including phenoxy) is 2. The van der Waals surface area contributed by atoms with Gasteiger partial charge in [0.1, 0.15) is 5.75 Å². The molecule has 0 aliphatic heterocycles. The average molecular weight is 437 g/mol. The van der Waals surface area contributed by atoms with Gasteiger partial charge in [-0.25, -0.2) is 9.18 Å². The number of aromatic nitrogens is 1. The topological polar surface area (TPSA) is 104 Å². The van der Waals surface area contributed by atoms with Gasteiger partial charge in [0, 0.05) is 18.3 Å². The van der Waals surface area contributed by atoms with Crippen molar-refractivity contribution in [3.05, 3.63) is 77.9 Å². The summed E-state index contributed by atoms with van der Waals surface area (Å²) in [4.78, 5) is 28.1. The molecule has 7 nitrogen and oxygen atoms in total. The number of amides is 1. The van der Waals surface area contributed by atoms with E-state index in [4.69, 9.17) is 15.2 Å². The SMILES string of the molecule is CC(C)OC(=O)COc1cccc(-c2cc(C(=O)Nc3ccncc3F)ccc2CN)c1. The molecule has 1 aromatic heterocycles. The molecule has 3 aromatic rings. The predicted octanol–water partition coefficient (Wildman–Crippen LogP) is 3.93. The van der Waals surface area contributed by atoms with Crippen molar-refractivity contribution in [3.63, 3.8) is 0 Å². The number of nitrogens with one attached hydrogen (secondary N) is 1. The van der Waals surface area contributed by atoms with Crippen molar-refractivity contribution >= 4 is 17.6 Å². The van der Waals surface area contributed by atoms with E-state index in [0.717, 1.165) is 22.9 Å². The van der Waals surface area contributed by atoms with Gasteiger partial charge in [-0.1, -0.05) is 18.2 Å². The molecule has 0 saturated heterocycles. The highest BCUT2D eigenvalue weighted by Gasteiger charge is 2.14. The van der Waals surface area contributed by atoms with E-state index in [1.807, 2.05) is 6.07 Å². The summed E-state index contributed by atoms with van der Waals surface area (Å²) in [6.45, 7) is 3.56. The summed E-state index contributed by atoms with van der Waals surface area (Å²) in [5.74, 6) is -1.08. The van der Waals surface area contributed by atoms with E-state index in [2.05, 4.69) is 10.3 Å². The molecular weight excluding hydrogens is 413 g/mol. The first-order valence-electron chi connectivity index (χ1n) is 10.0. The monoisotopic (exact) mass is 437 g/mol. The Labute approximate surface area is 185 Å². The summed E-state index contributed by atoms with van der Waals surface area (Å²) in [6, 6.07) is 13.5. The van der Waals surface area contributed by atoms with Crippen LogP contribution in [0.5, 0.6) is 5.75 Å². The van der Waals surface area contributed by atoms with Crippen molar-refractivity contribution in [2.45, 2.75) is 26.5 Å². The Bertz CT molecular complexity index is 1120. The number of nitrogens with two attached hydrogens (primary N) is 1. The number of nitrogens with zero attached hydrogens (tertiary/aromatic N) is 1. The van der Waals surface area contributed by atoms with Crippen LogP contribution < -0.4 is 15.8 Å². The van der Waals surface area contributed by atoms with Gasteiger partial charge in [0.05, 0.1) is 18.0 Å². The molecule has 32 heavy (non-hydrogen) atoms. The number of hydrogen-bond donors (Lipinski definition) is 2. The molecule has 0 aliphatic carbocycles.